The minimum atomic E-state index is -1.48. The molecule has 1 unspecified atom stereocenters. The zero-order valence-electron chi connectivity index (χ0n) is 24.9. The van der Waals surface area contributed by atoms with Gasteiger partial charge in [-0.25, -0.2) is 0 Å². The average Bonchev–Trinajstić information content (AvgIpc) is 3.28. The lowest BCUT2D eigenvalue weighted by molar-refractivity contribution is 0.144. The SMILES string of the molecule is CC#CC1(O)c2cc(C)ccc2-c2c1c1c(c3cc(C)ccc23)OC(c2ccc(OC)cc2)(c2ccc(OC)cc2)C=C1. The van der Waals surface area contributed by atoms with Crippen molar-refractivity contribution in [1.29, 1.82) is 0 Å². The Labute approximate surface area is 252 Å². The molecule has 2 aliphatic rings. The fraction of sp³-hybridized carbons (Fsp3) is 0.179. The minimum absolute atomic E-state index is 0.715. The first kappa shape index (κ1) is 26.9. The van der Waals surface area contributed by atoms with Crippen molar-refractivity contribution in [1.82, 2.24) is 0 Å². The van der Waals surface area contributed by atoms with Crippen LogP contribution in [0.5, 0.6) is 17.2 Å². The monoisotopic (exact) mass is 564 g/mol. The van der Waals surface area contributed by atoms with Gasteiger partial charge in [-0.05, 0) is 73.7 Å². The molecule has 4 nitrogen and oxygen atoms in total. The summed E-state index contributed by atoms with van der Waals surface area (Å²) in [4.78, 5) is 0. The second kappa shape index (κ2) is 9.80. The van der Waals surface area contributed by atoms with E-state index in [1.165, 1.54) is 0 Å². The van der Waals surface area contributed by atoms with Crippen LogP contribution in [0.1, 0.15) is 45.9 Å². The van der Waals surface area contributed by atoms with Crippen LogP contribution in [0.3, 0.4) is 0 Å². The van der Waals surface area contributed by atoms with E-state index in [1.807, 2.05) is 55.5 Å². The molecule has 0 fully saturated rings. The standard InChI is InChI=1S/C39H32O4/c1-6-20-38(40)34-23-25(3)8-18-31(34)35-30-17-7-24(2)22-33(30)37-32(36(35)38)19-21-39(43-37,26-9-13-28(41-4)14-10-26)27-11-15-29(42-5)16-12-27/h7-19,21-23,40H,1-5H3. The van der Waals surface area contributed by atoms with Crippen LogP contribution in [0.2, 0.25) is 0 Å². The number of hydrogen-bond acceptors (Lipinski definition) is 4. The average molecular weight is 565 g/mol. The molecule has 7 rings (SSSR count). The Morgan fingerprint density at radius 2 is 1.35 bits per heavy atom. The molecule has 0 aromatic heterocycles. The number of methoxy groups -OCH3 is 2. The molecule has 0 saturated heterocycles. The Hall–Kier alpha value is -4.98. The molecular formula is C39H32O4. The molecule has 0 spiro atoms. The van der Waals surface area contributed by atoms with E-state index in [0.29, 0.717) is 5.75 Å². The first-order valence-electron chi connectivity index (χ1n) is 14.4. The molecular weight excluding hydrogens is 532 g/mol. The molecule has 0 radical (unpaired) electrons. The number of benzene rings is 5. The van der Waals surface area contributed by atoms with Crippen molar-refractivity contribution in [3.05, 3.63) is 130 Å². The maximum absolute atomic E-state index is 12.5. The fourth-order valence-electron chi connectivity index (χ4n) is 6.69. The Morgan fingerprint density at radius 3 is 1.95 bits per heavy atom. The Bertz CT molecular complexity index is 1960. The minimum Gasteiger partial charge on any atom is -0.497 e. The summed E-state index contributed by atoms with van der Waals surface area (Å²) < 4.78 is 18.2. The van der Waals surface area contributed by atoms with E-state index in [2.05, 4.69) is 67.3 Å². The summed E-state index contributed by atoms with van der Waals surface area (Å²) >= 11 is 0. The van der Waals surface area contributed by atoms with Gasteiger partial charge in [-0.3, -0.25) is 0 Å². The van der Waals surface area contributed by atoms with Crippen LogP contribution in [-0.2, 0) is 11.2 Å². The molecule has 1 aliphatic heterocycles. The third-order valence-corrected chi connectivity index (χ3v) is 8.74. The number of aryl methyl sites for hydroxylation is 2. The second-order valence-electron chi connectivity index (χ2n) is 11.3. The summed E-state index contributed by atoms with van der Waals surface area (Å²) in [6, 6.07) is 28.7. The maximum atomic E-state index is 12.5. The fourth-order valence-corrected chi connectivity index (χ4v) is 6.69. The van der Waals surface area contributed by atoms with Gasteiger partial charge in [0.2, 0.25) is 0 Å². The van der Waals surface area contributed by atoms with Crippen molar-refractivity contribution < 1.29 is 19.3 Å². The van der Waals surface area contributed by atoms with Crippen molar-refractivity contribution >= 4 is 16.8 Å². The number of fused-ring (bicyclic) bond motifs is 8. The van der Waals surface area contributed by atoms with Gasteiger partial charge in [0, 0.05) is 33.2 Å². The van der Waals surface area contributed by atoms with E-state index < -0.39 is 11.2 Å². The summed E-state index contributed by atoms with van der Waals surface area (Å²) in [6.07, 6.45) is 4.20. The van der Waals surface area contributed by atoms with Gasteiger partial charge in [0.15, 0.2) is 11.2 Å². The first-order valence-corrected chi connectivity index (χ1v) is 14.4. The van der Waals surface area contributed by atoms with E-state index in [1.54, 1.807) is 21.1 Å². The predicted octanol–water partition coefficient (Wildman–Crippen LogP) is 8.06. The van der Waals surface area contributed by atoms with Crippen molar-refractivity contribution in [2.24, 2.45) is 0 Å². The molecule has 0 amide bonds. The zero-order chi connectivity index (χ0) is 29.9. The predicted molar refractivity (Wildman–Crippen MR) is 172 cm³/mol. The van der Waals surface area contributed by atoms with Crippen molar-refractivity contribution in [3.8, 4) is 40.2 Å². The summed E-state index contributed by atoms with van der Waals surface area (Å²) in [5, 5.41) is 14.5. The lowest BCUT2D eigenvalue weighted by atomic mass is 9.80. The van der Waals surface area contributed by atoms with Gasteiger partial charge in [-0.2, -0.15) is 0 Å². The van der Waals surface area contributed by atoms with Crippen LogP contribution in [0.15, 0.2) is 91.0 Å². The van der Waals surface area contributed by atoms with Crippen LogP contribution in [0, 0.1) is 25.7 Å². The molecule has 0 saturated carbocycles. The Balaban J connectivity index is 1.57. The van der Waals surface area contributed by atoms with Gasteiger partial charge in [0.1, 0.15) is 17.2 Å². The molecule has 1 N–H and O–H groups in total. The highest BCUT2D eigenvalue weighted by atomic mass is 16.5. The summed E-state index contributed by atoms with van der Waals surface area (Å²) in [5.74, 6) is 8.45. The lowest BCUT2D eigenvalue weighted by Crippen LogP contribution is -2.35. The van der Waals surface area contributed by atoms with Crippen molar-refractivity contribution in [2.45, 2.75) is 32.0 Å². The highest BCUT2D eigenvalue weighted by Crippen LogP contribution is 2.57. The zero-order valence-corrected chi connectivity index (χ0v) is 24.9. The second-order valence-corrected chi connectivity index (χ2v) is 11.3. The van der Waals surface area contributed by atoms with Crippen molar-refractivity contribution in [3.63, 3.8) is 0 Å². The highest BCUT2D eigenvalue weighted by molar-refractivity contribution is 6.09. The maximum Gasteiger partial charge on any atom is 0.178 e. The number of aliphatic hydroxyl groups is 1. The summed E-state index contributed by atoms with van der Waals surface area (Å²) in [6.45, 7) is 5.90. The van der Waals surface area contributed by atoms with Gasteiger partial charge in [0.05, 0.1) is 14.2 Å². The molecule has 1 heterocycles. The first-order chi connectivity index (χ1) is 20.8. The summed E-state index contributed by atoms with van der Waals surface area (Å²) in [7, 11) is 3.33. The van der Waals surface area contributed by atoms with Crippen LogP contribution >= 0.6 is 0 Å². The van der Waals surface area contributed by atoms with E-state index in [0.717, 1.165) is 72.3 Å². The molecule has 1 atom stereocenters. The number of ether oxygens (including phenoxy) is 3. The van der Waals surface area contributed by atoms with Crippen LogP contribution in [0.4, 0.5) is 0 Å². The van der Waals surface area contributed by atoms with Gasteiger partial charge >= 0.3 is 0 Å². The quantitative estimate of drug-likeness (QED) is 0.224. The molecule has 0 bridgehead atoms. The van der Waals surface area contributed by atoms with Crippen LogP contribution < -0.4 is 14.2 Å². The van der Waals surface area contributed by atoms with Gasteiger partial charge in [-0.1, -0.05) is 77.7 Å². The largest absolute Gasteiger partial charge is 0.497 e. The third-order valence-electron chi connectivity index (χ3n) is 8.74. The van der Waals surface area contributed by atoms with E-state index >= 15 is 0 Å². The highest BCUT2D eigenvalue weighted by Gasteiger charge is 2.47. The van der Waals surface area contributed by atoms with Crippen LogP contribution in [0.25, 0.3) is 28.0 Å². The molecule has 4 heteroatoms. The molecule has 5 aromatic carbocycles. The normalized spacial score (nSPS) is 17.3. The van der Waals surface area contributed by atoms with Gasteiger partial charge in [-0.15, -0.1) is 5.92 Å². The lowest BCUT2D eigenvalue weighted by Gasteiger charge is -2.38. The summed E-state index contributed by atoms with van der Waals surface area (Å²) in [5.41, 5.74) is 6.07. The third kappa shape index (κ3) is 3.89. The number of hydrogen-bond donors (Lipinski definition) is 1. The topological polar surface area (TPSA) is 47.9 Å². The smallest absolute Gasteiger partial charge is 0.178 e. The van der Waals surface area contributed by atoms with Crippen LogP contribution in [-0.4, -0.2) is 19.3 Å². The van der Waals surface area contributed by atoms with Gasteiger partial charge < -0.3 is 19.3 Å². The van der Waals surface area contributed by atoms with Gasteiger partial charge in [0.25, 0.3) is 0 Å². The van der Waals surface area contributed by atoms with Crippen molar-refractivity contribution in [2.75, 3.05) is 14.2 Å². The Kier molecular flexibility index (Phi) is 6.13. The molecule has 5 aromatic rings. The number of rotatable bonds is 4. The van der Waals surface area contributed by atoms with E-state index in [9.17, 15) is 5.11 Å². The van der Waals surface area contributed by atoms with E-state index in [4.69, 9.17) is 14.2 Å². The molecule has 43 heavy (non-hydrogen) atoms. The molecule has 1 aliphatic carbocycles. The van der Waals surface area contributed by atoms with E-state index in [-0.39, 0.29) is 0 Å². The molecule has 212 valence electrons. The Morgan fingerprint density at radius 1 is 0.744 bits per heavy atom.